The summed E-state index contributed by atoms with van der Waals surface area (Å²) in [5.41, 5.74) is 17.4. The number of aliphatic hydroxyl groups is 2. The Bertz CT molecular complexity index is 2300. The van der Waals surface area contributed by atoms with Gasteiger partial charge in [-0.2, -0.15) is 0 Å². The Kier molecular flexibility index (Phi) is 12.4. The van der Waals surface area contributed by atoms with E-state index in [2.05, 4.69) is 82.7 Å². The highest BCUT2D eigenvalue weighted by atomic mass is 16.5. The third-order valence-corrected chi connectivity index (χ3v) is 11.9. The van der Waals surface area contributed by atoms with Gasteiger partial charge in [0.25, 0.3) is 0 Å². The Labute approximate surface area is 332 Å². The van der Waals surface area contributed by atoms with E-state index in [4.69, 9.17) is 14.7 Å². The van der Waals surface area contributed by atoms with Gasteiger partial charge in [-0.1, -0.05) is 42.7 Å². The molecule has 0 saturated heterocycles. The molecule has 3 aliphatic heterocycles. The zero-order valence-electron chi connectivity index (χ0n) is 35.0. The van der Waals surface area contributed by atoms with Crippen LogP contribution in [0, 0.1) is 6.92 Å². The monoisotopic (exact) mass is 756 g/mol. The second kappa shape index (κ2) is 17.0. The Morgan fingerprint density at radius 2 is 1.57 bits per heavy atom. The van der Waals surface area contributed by atoms with Crippen LogP contribution in [0.25, 0.3) is 45.2 Å². The molecule has 56 heavy (non-hydrogen) atoms. The molecule has 0 saturated carbocycles. The summed E-state index contributed by atoms with van der Waals surface area (Å²) in [7, 11) is 0. The van der Waals surface area contributed by atoms with E-state index < -0.39 is 6.10 Å². The van der Waals surface area contributed by atoms with Gasteiger partial charge in [0.2, 0.25) is 0 Å². The lowest BCUT2D eigenvalue weighted by Crippen LogP contribution is -2.10. The zero-order chi connectivity index (χ0) is 40.4. The summed E-state index contributed by atoms with van der Waals surface area (Å²) in [4.78, 5) is 30.7. The number of aliphatic hydroxyl groups excluding tert-OH is 2. The predicted molar refractivity (Wildman–Crippen MR) is 231 cm³/mol. The average Bonchev–Trinajstić information content (AvgIpc) is 3.89. The number of rotatable bonds is 13. The number of esters is 1. The zero-order valence-corrected chi connectivity index (χ0v) is 35.0. The van der Waals surface area contributed by atoms with E-state index in [0.29, 0.717) is 12.1 Å². The SMILES string of the molecule is CCC1=C(C)c2cc3nc(cc4[nH]c(c5c6[nH]c(cc1n2)c(C)c6C(O)=C5)[C@@H](CCC(=O)OC/C=C(\C)CC/C=C(\C)CCC=C(C)C)[C@@H]4C)C(C)=C3[C@@H](C)O. The second-order valence-electron chi connectivity index (χ2n) is 16.3. The van der Waals surface area contributed by atoms with E-state index in [1.54, 1.807) is 6.92 Å². The summed E-state index contributed by atoms with van der Waals surface area (Å²) in [5.74, 6) is -0.0570. The molecule has 0 spiro atoms. The van der Waals surface area contributed by atoms with Crippen LogP contribution in [0.15, 0.2) is 53.1 Å². The normalized spacial score (nSPS) is 18.0. The van der Waals surface area contributed by atoms with Gasteiger partial charge in [-0.05, 0) is 147 Å². The van der Waals surface area contributed by atoms with Gasteiger partial charge >= 0.3 is 5.97 Å². The molecule has 0 amide bonds. The van der Waals surface area contributed by atoms with Crippen molar-refractivity contribution in [1.29, 1.82) is 0 Å². The quantitative estimate of drug-likeness (QED) is 0.119. The van der Waals surface area contributed by atoms with E-state index in [1.807, 2.05) is 32.1 Å². The van der Waals surface area contributed by atoms with E-state index >= 15 is 0 Å². The van der Waals surface area contributed by atoms with Gasteiger partial charge in [0.05, 0.1) is 34.4 Å². The van der Waals surface area contributed by atoms with Crippen LogP contribution in [0.5, 0.6) is 0 Å². The van der Waals surface area contributed by atoms with Crippen molar-refractivity contribution in [3.05, 3.63) is 104 Å². The molecule has 0 unspecified atom stereocenters. The number of ether oxygens (including phenoxy) is 1. The molecule has 4 N–H and O–H groups in total. The number of fused-ring (bicyclic) bond motifs is 8. The Hall–Kier alpha value is -4.95. The maximum atomic E-state index is 13.2. The molecule has 8 nitrogen and oxygen atoms in total. The average molecular weight is 757 g/mol. The summed E-state index contributed by atoms with van der Waals surface area (Å²) in [6, 6.07) is 6.15. The third-order valence-electron chi connectivity index (χ3n) is 11.9. The van der Waals surface area contributed by atoms with Crippen molar-refractivity contribution in [2.45, 2.75) is 132 Å². The van der Waals surface area contributed by atoms with Crippen molar-refractivity contribution >= 4 is 51.1 Å². The molecular weight excluding hydrogens is 697 g/mol. The van der Waals surface area contributed by atoms with Crippen LogP contribution in [0.2, 0.25) is 0 Å². The number of aryl methyl sites for hydroxylation is 1. The number of carbonyl (C=O) groups excluding carboxylic acids is 1. The minimum Gasteiger partial charge on any atom is -0.507 e. The summed E-state index contributed by atoms with van der Waals surface area (Å²) >= 11 is 0. The van der Waals surface area contributed by atoms with Crippen molar-refractivity contribution in [2.75, 3.05) is 6.61 Å². The number of allylic oxidation sites excluding steroid dienone is 8. The molecule has 2 aromatic rings. The molecular formula is C48H60N4O4. The number of nitrogens with zero attached hydrogens (tertiary/aromatic N) is 2. The van der Waals surface area contributed by atoms with Gasteiger partial charge < -0.3 is 24.9 Å². The molecule has 8 heteroatoms. The summed E-state index contributed by atoms with van der Waals surface area (Å²) in [5, 5.41) is 22.3. The highest BCUT2D eigenvalue weighted by Gasteiger charge is 2.34. The van der Waals surface area contributed by atoms with Crippen LogP contribution in [-0.2, 0) is 9.53 Å². The summed E-state index contributed by atoms with van der Waals surface area (Å²) in [6.45, 7) is 21.0. The fourth-order valence-electron chi connectivity index (χ4n) is 8.52. The van der Waals surface area contributed by atoms with Crippen LogP contribution < -0.4 is 0 Å². The van der Waals surface area contributed by atoms with Gasteiger partial charge in [-0.15, -0.1) is 0 Å². The number of H-pyrrole nitrogens is 2. The minimum atomic E-state index is -0.715. The maximum absolute atomic E-state index is 13.2. The van der Waals surface area contributed by atoms with Crippen molar-refractivity contribution < 1.29 is 19.7 Å². The molecule has 0 fully saturated rings. The van der Waals surface area contributed by atoms with E-state index in [1.165, 1.54) is 16.7 Å². The maximum Gasteiger partial charge on any atom is 0.306 e. The van der Waals surface area contributed by atoms with Crippen molar-refractivity contribution in [2.24, 2.45) is 0 Å². The molecule has 8 bridgehead atoms. The van der Waals surface area contributed by atoms with Crippen molar-refractivity contribution in [3.8, 4) is 0 Å². The third kappa shape index (κ3) is 8.41. The van der Waals surface area contributed by atoms with Gasteiger partial charge in [-0.25, -0.2) is 9.97 Å². The molecule has 2 aromatic heterocycles. The smallest absolute Gasteiger partial charge is 0.306 e. The largest absolute Gasteiger partial charge is 0.507 e. The molecule has 1 aliphatic carbocycles. The minimum absolute atomic E-state index is 0.00935. The highest BCUT2D eigenvalue weighted by molar-refractivity contribution is 6.02. The fourth-order valence-corrected chi connectivity index (χ4v) is 8.52. The lowest BCUT2D eigenvalue weighted by atomic mass is 9.86. The second-order valence-corrected chi connectivity index (χ2v) is 16.3. The van der Waals surface area contributed by atoms with Gasteiger partial charge in [0.1, 0.15) is 12.4 Å². The molecule has 4 aliphatic rings. The molecule has 5 heterocycles. The predicted octanol–water partition coefficient (Wildman–Crippen LogP) is 12.0. The Morgan fingerprint density at radius 3 is 2.27 bits per heavy atom. The number of carbonyl (C=O) groups is 1. The fraction of sp³-hybridized carbons (Fsp3) is 0.438. The molecule has 3 atom stereocenters. The number of hydrogen-bond donors (Lipinski definition) is 4. The first-order valence-electron chi connectivity index (χ1n) is 20.4. The van der Waals surface area contributed by atoms with Crippen LogP contribution in [-0.4, -0.2) is 48.8 Å². The van der Waals surface area contributed by atoms with E-state index in [-0.39, 0.29) is 36.6 Å². The number of nitrogens with one attached hydrogen (secondary N) is 2. The van der Waals surface area contributed by atoms with Crippen LogP contribution in [0.1, 0.15) is 170 Å². The van der Waals surface area contributed by atoms with Gasteiger partial charge in [0, 0.05) is 51.9 Å². The molecule has 0 radical (unpaired) electrons. The number of aromatic nitrogens is 4. The number of hydrogen-bond acceptors (Lipinski definition) is 6. The van der Waals surface area contributed by atoms with Crippen molar-refractivity contribution in [1.82, 2.24) is 19.9 Å². The lowest BCUT2D eigenvalue weighted by Gasteiger charge is -2.17. The molecule has 0 aromatic carbocycles. The first kappa shape index (κ1) is 40.7. The summed E-state index contributed by atoms with van der Waals surface area (Å²) in [6.07, 6.45) is 13.4. The topological polar surface area (TPSA) is 124 Å². The van der Waals surface area contributed by atoms with Crippen LogP contribution in [0.3, 0.4) is 0 Å². The first-order chi connectivity index (χ1) is 26.7. The van der Waals surface area contributed by atoms with E-state index in [9.17, 15) is 15.0 Å². The highest BCUT2D eigenvalue weighted by Crippen LogP contribution is 2.46. The van der Waals surface area contributed by atoms with Crippen molar-refractivity contribution in [3.63, 3.8) is 0 Å². The van der Waals surface area contributed by atoms with Gasteiger partial charge in [-0.3, -0.25) is 4.79 Å². The van der Waals surface area contributed by atoms with Crippen LogP contribution >= 0.6 is 0 Å². The molecule has 6 rings (SSSR count). The van der Waals surface area contributed by atoms with Crippen LogP contribution in [0.4, 0.5) is 0 Å². The Balaban J connectivity index is 1.31. The molecule has 296 valence electrons. The Morgan fingerprint density at radius 1 is 0.893 bits per heavy atom. The first-order valence-corrected chi connectivity index (χ1v) is 20.4. The van der Waals surface area contributed by atoms with Gasteiger partial charge in [0.15, 0.2) is 0 Å². The lowest BCUT2D eigenvalue weighted by molar-refractivity contribution is -0.142. The number of aromatic amines is 2. The standard InChI is InChI=1S/C48H60N4O4/c1-11-34-29(6)37-25-42-45(33(10)53)31(8)39(50-42)23-38-30(7)35(18-19-44(55)56-21-20-28(5)17-13-16-27(4)15-12-14-26(2)3)47(51-38)36-22-43(54)46-32(9)40(52-48(36)46)24-41(34)49-37/h14,16,20,22-25,30,33,35,51-54H,11-13,15,17-19,21H2,1-10H3/b27-16+,28-20+,38-23?,41-24?,42-25?,47-36?/t30-,33+,35-/m0/s1. The summed E-state index contributed by atoms with van der Waals surface area (Å²) < 4.78 is 5.73. The van der Waals surface area contributed by atoms with E-state index in [0.717, 1.165) is 111 Å².